The predicted octanol–water partition coefficient (Wildman–Crippen LogP) is 4.54. The second-order valence-electron chi connectivity index (χ2n) is 6.23. The molecule has 0 aliphatic heterocycles. The lowest BCUT2D eigenvalue weighted by Crippen LogP contribution is -2.30. The molecule has 28 heavy (non-hydrogen) atoms. The highest BCUT2D eigenvalue weighted by molar-refractivity contribution is 7.14. The molecule has 1 atom stereocenters. The summed E-state index contributed by atoms with van der Waals surface area (Å²) in [6.07, 6.45) is 3.58. The average Bonchev–Trinajstić information content (AvgIpc) is 3.38. The molecule has 3 N–H and O–H groups in total. The number of aromatic amines is 1. The Kier molecular flexibility index (Phi) is 5.16. The Morgan fingerprint density at radius 2 is 2.07 bits per heavy atom. The summed E-state index contributed by atoms with van der Waals surface area (Å²) in [4.78, 5) is 24.3. The van der Waals surface area contributed by atoms with Crippen LogP contribution in [0.5, 0.6) is 0 Å². The van der Waals surface area contributed by atoms with E-state index in [4.69, 9.17) is 0 Å². The maximum Gasteiger partial charge on any atom is 0.254 e. The van der Waals surface area contributed by atoms with E-state index >= 15 is 0 Å². The Labute approximate surface area is 166 Å². The first-order valence-corrected chi connectivity index (χ1v) is 9.69. The molecule has 0 saturated heterocycles. The van der Waals surface area contributed by atoms with E-state index in [0.717, 1.165) is 27.3 Å². The van der Waals surface area contributed by atoms with Crippen molar-refractivity contribution >= 4 is 45.7 Å². The summed E-state index contributed by atoms with van der Waals surface area (Å²) in [6.45, 7) is 3.99. The summed E-state index contributed by atoms with van der Waals surface area (Å²) in [5.74, 6) is -0.152. The molecule has 0 saturated carbocycles. The van der Waals surface area contributed by atoms with Crippen LogP contribution in [0.3, 0.4) is 0 Å². The number of rotatable bonds is 7. The van der Waals surface area contributed by atoms with E-state index in [1.165, 1.54) is 11.3 Å². The monoisotopic (exact) mass is 389 g/mol. The van der Waals surface area contributed by atoms with Crippen LogP contribution in [0.25, 0.3) is 11.0 Å². The Hall–Kier alpha value is -3.45. The number of benzene rings is 1. The molecule has 3 heterocycles. The first-order chi connectivity index (χ1) is 13.8. The summed E-state index contributed by atoms with van der Waals surface area (Å²) in [5, 5.41) is 10.1. The number of pyridine rings is 1. The van der Waals surface area contributed by atoms with Gasteiger partial charge in [-0.3, -0.25) is 9.79 Å². The molecular formula is C21H19N5OS. The lowest BCUT2D eigenvalue weighted by atomic mass is 10.1. The van der Waals surface area contributed by atoms with Crippen LogP contribution in [0.2, 0.25) is 0 Å². The smallest absolute Gasteiger partial charge is 0.254 e. The van der Waals surface area contributed by atoms with Gasteiger partial charge in [-0.25, -0.2) is 4.98 Å². The van der Waals surface area contributed by atoms with Crippen LogP contribution in [0.1, 0.15) is 22.0 Å². The van der Waals surface area contributed by atoms with Crippen molar-refractivity contribution in [2.75, 3.05) is 11.9 Å². The SMILES string of the molecule is C=NC[C@@H](NC(=O)c1ccsc1Nc1ccnc2[nH]ccc12)c1ccccc1. The third-order valence-corrected chi connectivity index (χ3v) is 5.27. The summed E-state index contributed by atoms with van der Waals surface area (Å²) < 4.78 is 0. The number of nitrogens with one attached hydrogen (secondary N) is 3. The van der Waals surface area contributed by atoms with Crippen LogP contribution in [-0.2, 0) is 0 Å². The van der Waals surface area contributed by atoms with E-state index in [9.17, 15) is 4.79 Å². The van der Waals surface area contributed by atoms with Crippen LogP contribution in [-0.4, -0.2) is 29.1 Å². The van der Waals surface area contributed by atoms with Crippen LogP contribution in [0.4, 0.5) is 10.7 Å². The zero-order chi connectivity index (χ0) is 19.3. The minimum absolute atomic E-state index is 0.152. The van der Waals surface area contributed by atoms with Gasteiger partial charge < -0.3 is 15.6 Å². The molecule has 4 aromatic rings. The first-order valence-electron chi connectivity index (χ1n) is 8.81. The Morgan fingerprint density at radius 1 is 1.21 bits per heavy atom. The van der Waals surface area contributed by atoms with Crippen LogP contribution < -0.4 is 10.6 Å². The Bertz CT molecular complexity index is 1100. The summed E-state index contributed by atoms with van der Waals surface area (Å²) in [7, 11) is 0. The second kappa shape index (κ2) is 8.06. The Balaban J connectivity index is 1.57. The molecule has 6 nitrogen and oxygen atoms in total. The van der Waals surface area contributed by atoms with Gasteiger partial charge in [0.1, 0.15) is 10.6 Å². The number of aromatic nitrogens is 2. The molecule has 0 bridgehead atoms. The van der Waals surface area contributed by atoms with Gasteiger partial charge in [-0.2, -0.15) is 0 Å². The number of H-pyrrole nitrogens is 1. The van der Waals surface area contributed by atoms with Crippen molar-refractivity contribution < 1.29 is 4.79 Å². The highest BCUT2D eigenvalue weighted by Gasteiger charge is 2.19. The van der Waals surface area contributed by atoms with Crippen molar-refractivity contribution in [1.29, 1.82) is 0 Å². The normalized spacial score (nSPS) is 11.9. The van der Waals surface area contributed by atoms with Crippen molar-refractivity contribution in [2.24, 2.45) is 4.99 Å². The number of thiophene rings is 1. The van der Waals surface area contributed by atoms with E-state index in [0.29, 0.717) is 12.1 Å². The summed E-state index contributed by atoms with van der Waals surface area (Å²) in [5.41, 5.74) is 3.29. The van der Waals surface area contributed by atoms with Gasteiger partial charge in [0.25, 0.3) is 5.91 Å². The zero-order valence-corrected chi connectivity index (χ0v) is 15.9. The van der Waals surface area contributed by atoms with E-state index in [2.05, 4.69) is 32.3 Å². The second-order valence-corrected chi connectivity index (χ2v) is 7.15. The molecule has 0 aliphatic rings. The summed E-state index contributed by atoms with van der Waals surface area (Å²) >= 11 is 1.48. The molecular weight excluding hydrogens is 370 g/mol. The van der Waals surface area contributed by atoms with Gasteiger partial charge >= 0.3 is 0 Å². The van der Waals surface area contributed by atoms with E-state index in [1.807, 2.05) is 60.1 Å². The number of hydrogen-bond acceptors (Lipinski definition) is 5. The predicted molar refractivity (Wildman–Crippen MR) is 115 cm³/mol. The molecule has 1 amide bonds. The lowest BCUT2D eigenvalue weighted by Gasteiger charge is -2.17. The first kappa shape index (κ1) is 17.9. The standard InChI is InChI=1S/C21H19N5OS/c1-22-13-18(14-5-3-2-4-6-14)25-20(27)16-9-12-28-21(16)26-17-8-11-24-19-15(17)7-10-23-19/h2-12,18H,1,13H2,(H,25,27)(H2,23,24,26)/t18-/m1/s1. The van der Waals surface area contributed by atoms with Crippen molar-refractivity contribution in [2.45, 2.75) is 6.04 Å². The quantitative estimate of drug-likeness (QED) is 0.406. The third kappa shape index (κ3) is 3.65. The third-order valence-electron chi connectivity index (χ3n) is 4.44. The topological polar surface area (TPSA) is 82.2 Å². The number of carbonyl (C=O) groups is 1. The fourth-order valence-electron chi connectivity index (χ4n) is 3.06. The number of carbonyl (C=O) groups excluding carboxylic acids is 1. The van der Waals surface area contributed by atoms with E-state index < -0.39 is 0 Å². The zero-order valence-electron chi connectivity index (χ0n) is 15.1. The van der Waals surface area contributed by atoms with Gasteiger partial charge in [0.15, 0.2) is 0 Å². The lowest BCUT2D eigenvalue weighted by molar-refractivity contribution is 0.0939. The molecule has 0 aliphatic carbocycles. The van der Waals surface area contributed by atoms with Crippen molar-refractivity contribution in [3.8, 4) is 0 Å². The number of hydrogen-bond donors (Lipinski definition) is 3. The van der Waals surface area contributed by atoms with Gasteiger partial charge in [0, 0.05) is 17.8 Å². The fourth-order valence-corrected chi connectivity index (χ4v) is 3.86. The van der Waals surface area contributed by atoms with Crippen molar-refractivity contribution in [3.63, 3.8) is 0 Å². The van der Waals surface area contributed by atoms with Crippen LogP contribution in [0.15, 0.2) is 71.3 Å². The van der Waals surface area contributed by atoms with Crippen LogP contribution in [0, 0.1) is 0 Å². The molecule has 0 fully saturated rings. The fraction of sp³-hybridized carbons (Fsp3) is 0.0952. The molecule has 0 spiro atoms. The van der Waals surface area contributed by atoms with Crippen LogP contribution >= 0.6 is 11.3 Å². The molecule has 1 aromatic carbocycles. The molecule has 4 rings (SSSR count). The van der Waals surface area contributed by atoms with Gasteiger partial charge in [-0.15, -0.1) is 11.3 Å². The number of anilines is 2. The molecule has 3 aromatic heterocycles. The maximum atomic E-state index is 13.0. The van der Waals surface area contributed by atoms with Gasteiger partial charge in [-0.05, 0) is 35.9 Å². The summed E-state index contributed by atoms with van der Waals surface area (Å²) in [6, 6.07) is 15.2. The molecule has 140 valence electrons. The maximum absolute atomic E-state index is 13.0. The average molecular weight is 389 g/mol. The van der Waals surface area contributed by atoms with Gasteiger partial charge in [0.2, 0.25) is 0 Å². The van der Waals surface area contributed by atoms with Crippen molar-refractivity contribution in [1.82, 2.24) is 15.3 Å². The molecule has 7 heteroatoms. The minimum Gasteiger partial charge on any atom is -0.346 e. The highest BCUT2D eigenvalue weighted by Crippen LogP contribution is 2.30. The number of nitrogens with zero attached hydrogens (tertiary/aromatic N) is 2. The minimum atomic E-state index is -0.226. The van der Waals surface area contributed by atoms with E-state index in [-0.39, 0.29) is 11.9 Å². The highest BCUT2D eigenvalue weighted by atomic mass is 32.1. The number of fused-ring (bicyclic) bond motifs is 1. The largest absolute Gasteiger partial charge is 0.346 e. The molecule has 0 unspecified atom stereocenters. The number of aliphatic imine (C=N–C) groups is 1. The van der Waals surface area contributed by atoms with Gasteiger partial charge in [0.05, 0.1) is 23.8 Å². The van der Waals surface area contributed by atoms with Gasteiger partial charge in [-0.1, -0.05) is 30.3 Å². The molecule has 0 radical (unpaired) electrons. The van der Waals surface area contributed by atoms with E-state index in [1.54, 1.807) is 6.20 Å². The Morgan fingerprint density at radius 3 is 2.89 bits per heavy atom. The number of amides is 1. The van der Waals surface area contributed by atoms with Crippen molar-refractivity contribution in [3.05, 3.63) is 77.4 Å².